The van der Waals surface area contributed by atoms with Crippen LogP contribution >= 0.6 is 0 Å². The highest BCUT2D eigenvalue weighted by molar-refractivity contribution is 7.92. The second kappa shape index (κ2) is 7.32. The van der Waals surface area contributed by atoms with Gasteiger partial charge in [0.25, 0.3) is 9.84 Å². The molecule has 26 heavy (non-hydrogen) atoms. The standard InChI is InChI=1S/C16H20F4N2O3S/c17-11-1-2-14(15(9-11)26(23,24)16(18,19)20)21-12-3-6-22(7-4-12)13-5-8-25-10-13/h1-2,9,12-13,21H,3-8,10H2. The van der Waals surface area contributed by atoms with Crippen LogP contribution < -0.4 is 5.32 Å². The molecular weight excluding hydrogens is 376 g/mol. The van der Waals surface area contributed by atoms with E-state index in [1.165, 1.54) is 0 Å². The van der Waals surface area contributed by atoms with E-state index in [0.717, 1.165) is 38.2 Å². The van der Waals surface area contributed by atoms with Crippen molar-refractivity contribution in [2.45, 2.75) is 41.7 Å². The third kappa shape index (κ3) is 3.96. The van der Waals surface area contributed by atoms with Crippen LogP contribution in [-0.2, 0) is 14.6 Å². The van der Waals surface area contributed by atoms with Crippen LogP contribution in [0.5, 0.6) is 0 Å². The molecule has 2 aliphatic rings. The smallest absolute Gasteiger partial charge is 0.381 e. The number of ether oxygens (including phenoxy) is 1. The summed E-state index contributed by atoms with van der Waals surface area (Å²) < 4.78 is 80.9. The number of halogens is 4. The Bertz CT molecular complexity index is 740. The van der Waals surface area contributed by atoms with Gasteiger partial charge in [-0.15, -0.1) is 0 Å². The van der Waals surface area contributed by atoms with Gasteiger partial charge in [0, 0.05) is 31.8 Å². The number of rotatable bonds is 4. The first-order valence-electron chi connectivity index (χ1n) is 8.38. The zero-order valence-corrected chi connectivity index (χ0v) is 14.7. The van der Waals surface area contributed by atoms with Crippen LogP contribution in [-0.4, -0.2) is 57.2 Å². The second-order valence-electron chi connectivity index (χ2n) is 6.56. The Hall–Kier alpha value is -1.39. The summed E-state index contributed by atoms with van der Waals surface area (Å²) in [5, 5.41) is 2.86. The first-order chi connectivity index (χ1) is 12.2. The molecule has 0 aliphatic carbocycles. The van der Waals surface area contributed by atoms with Crippen molar-refractivity contribution in [3.63, 3.8) is 0 Å². The number of sulfone groups is 1. The number of hydrogen-bond acceptors (Lipinski definition) is 5. The number of likely N-dealkylation sites (tertiary alicyclic amines) is 1. The summed E-state index contributed by atoms with van der Waals surface area (Å²) in [5.41, 5.74) is -5.70. The molecule has 1 atom stereocenters. The van der Waals surface area contributed by atoms with Crippen LogP contribution in [0.25, 0.3) is 0 Å². The van der Waals surface area contributed by atoms with Crippen LogP contribution in [0.15, 0.2) is 23.1 Å². The Morgan fingerprint density at radius 1 is 1.15 bits per heavy atom. The van der Waals surface area contributed by atoms with E-state index in [0.29, 0.717) is 31.6 Å². The third-order valence-electron chi connectivity index (χ3n) is 4.85. The lowest BCUT2D eigenvalue weighted by molar-refractivity contribution is -0.0435. The molecule has 2 fully saturated rings. The van der Waals surface area contributed by atoms with Gasteiger partial charge in [-0.2, -0.15) is 13.2 Å². The molecule has 0 amide bonds. The minimum Gasteiger partial charge on any atom is -0.381 e. The van der Waals surface area contributed by atoms with E-state index >= 15 is 0 Å². The van der Waals surface area contributed by atoms with Gasteiger partial charge < -0.3 is 10.1 Å². The Morgan fingerprint density at radius 2 is 1.85 bits per heavy atom. The molecule has 1 aromatic carbocycles. The fourth-order valence-corrected chi connectivity index (χ4v) is 4.33. The Kier molecular flexibility index (Phi) is 5.45. The molecule has 2 saturated heterocycles. The van der Waals surface area contributed by atoms with Gasteiger partial charge in [0.15, 0.2) is 0 Å². The molecule has 0 bridgehead atoms. The molecule has 0 spiro atoms. The number of benzene rings is 1. The number of piperidine rings is 1. The van der Waals surface area contributed by atoms with E-state index in [4.69, 9.17) is 4.74 Å². The van der Waals surface area contributed by atoms with Crippen molar-refractivity contribution in [1.29, 1.82) is 0 Å². The molecule has 1 N–H and O–H groups in total. The number of nitrogens with zero attached hydrogens (tertiary/aromatic N) is 1. The molecule has 3 rings (SSSR count). The van der Waals surface area contributed by atoms with Crippen LogP contribution in [0.1, 0.15) is 19.3 Å². The minimum absolute atomic E-state index is 0.179. The maximum Gasteiger partial charge on any atom is 0.501 e. The molecule has 5 nitrogen and oxygen atoms in total. The normalized spacial score (nSPS) is 23.3. The predicted octanol–water partition coefficient (Wildman–Crippen LogP) is 2.78. The zero-order chi connectivity index (χ0) is 18.9. The van der Waals surface area contributed by atoms with Crippen LogP contribution in [0.2, 0.25) is 0 Å². The van der Waals surface area contributed by atoms with Crippen LogP contribution in [0.3, 0.4) is 0 Å². The summed E-state index contributed by atoms with van der Waals surface area (Å²) >= 11 is 0. The molecule has 0 aromatic heterocycles. The van der Waals surface area contributed by atoms with Gasteiger partial charge in [-0.1, -0.05) is 0 Å². The second-order valence-corrected chi connectivity index (χ2v) is 8.47. The van der Waals surface area contributed by atoms with Crippen molar-refractivity contribution in [1.82, 2.24) is 4.90 Å². The van der Waals surface area contributed by atoms with E-state index in [9.17, 15) is 26.0 Å². The molecule has 1 unspecified atom stereocenters. The predicted molar refractivity (Wildman–Crippen MR) is 87.1 cm³/mol. The van der Waals surface area contributed by atoms with E-state index < -0.39 is 26.1 Å². The minimum atomic E-state index is -5.63. The maximum atomic E-state index is 13.4. The Labute approximate surface area is 149 Å². The highest BCUT2D eigenvalue weighted by atomic mass is 32.2. The van der Waals surface area contributed by atoms with Crippen LogP contribution in [0.4, 0.5) is 23.2 Å². The van der Waals surface area contributed by atoms with Crippen molar-refractivity contribution in [2.24, 2.45) is 0 Å². The van der Waals surface area contributed by atoms with Gasteiger partial charge in [-0.05, 0) is 37.5 Å². The van der Waals surface area contributed by atoms with Crippen molar-refractivity contribution in [3.8, 4) is 0 Å². The summed E-state index contributed by atoms with van der Waals surface area (Å²) in [6.07, 6.45) is 2.27. The SMILES string of the molecule is O=S(=O)(c1cc(F)ccc1NC1CCN(C2CCOC2)CC1)C(F)(F)F. The third-order valence-corrected chi connectivity index (χ3v) is 6.38. The van der Waals surface area contributed by atoms with Gasteiger partial charge in [0.2, 0.25) is 0 Å². The van der Waals surface area contributed by atoms with Crippen molar-refractivity contribution in [3.05, 3.63) is 24.0 Å². The first-order valence-corrected chi connectivity index (χ1v) is 9.86. The van der Waals surface area contributed by atoms with Crippen molar-refractivity contribution >= 4 is 15.5 Å². The maximum absolute atomic E-state index is 13.4. The molecule has 2 heterocycles. The number of nitrogens with one attached hydrogen (secondary N) is 1. The fraction of sp³-hybridized carbons (Fsp3) is 0.625. The van der Waals surface area contributed by atoms with E-state index in [1.54, 1.807) is 0 Å². The summed E-state index contributed by atoms with van der Waals surface area (Å²) in [4.78, 5) is 1.21. The Morgan fingerprint density at radius 3 is 2.42 bits per heavy atom. The van der Waals surface area contributed by atoms with Gasteiger partial charge >= 0.3 is 5.51 Å². The lowest BCUT2D eigenvalue weighted by atomic mass is 10.0. The van der Waals surface area contributed by atoms with Crippen molar-refractivity contribution < 1.29 is 30.7 Å². The fourth-order valence-electron chi connectivity index (χ4n) is 3.40. The summed E-state index contributed by atoms with van der Waals surface area (Å²) in [6, 6.07) is 2.59. The average Bonchev–Trinajstić information content (AvgIpc) is 3.10. The summed E-state index contributed by atoms with van der Waals surface area (Å²) in [5.74, 6) is -1.03. The number of hydrogen-bond donors (Lipinski definition) is 1. The van der Waals surface area contributed by atoms with Gasteiger partial charge in [-0.25, -0.2) is 12.8 Å². The van der Waals surface area contributed by atoms with Gasteiger partial charge in [0.1, 0.15) is 10.7 Å². The monoisotopic (exact) mass is 396 g/mol. The number of alkyl halides is 3. The highest BCUT2D eigenvalue weighted by Gasteiger charge is 2.48. The molecule has 2 aliphatic heterocycles. The summed E-state index contributed by atoms with van der Waals surface area (Å²) in [7, 11) is -5.63. The molecule has 0 radical (unpaired) electrons. The van der Waals surface area contributed by atoms with E-state index in [-0.39, 0.29) is 11.7 Å². The van der Waals surface area contributed by atoms with Gasteiger partial charge in [0.05, 0.1) is 12.3 Å². The average molecular weight is 396 g/mol. The van der Waals surface area contributed by atoms with E-state index in [1.807, 2.05) is 0 Å². The molecule has 0 saturated carbocycles. The molecular formula is C16H20F4N2O3S. The zero-order valence-electron chi connectivity index (χ0n) is 13.9. The lowest BCUT2D eigenvalue weighted by Gasteiger charge is -2.36. The molecule has 1 aromatic rings. The van der Waals surface area contributed by atoms with E-state index in [2.05, 4.69) is 10.2 Å². The largest absolute Gasteiger partial charge is 0.501 e. The molecule has 146 valence electrons. The van der Waals surface area contributed by atoms with Gasteiger partial charge in [-0.3, -0.25) is 4.90 Å². The molecule has 10 heteroatoms. The first kappa shape index (κ1) is 19.4. The van der Waals surface area contributed by atoms with Crippen molar-refractivity contribution in [2.75, 3.05) is 31.6 Å². The Balaban J connectivity index is 1.73. The quantitative estimate of drug-likeness (QED) is 0.794. The summed E-state index contributed by atoms with van der Waals surface area (Å²) in [6.45, 7) is 2.91. The highest BCUT2D eigenvalue weighted by Crippen LogP contribution is 2.35. The van der Waals surface area contributed by atoms with Crippen LogP contribution in [0, 0.1) is 5.82 Å². The topological polar surface area (TPSA) is 58.6 Å². The number of anilines is 1. The lowest BCUT2D eigenvalue weighted by Crippen LogP contribution is -2.45.